The lowest BCUT2D eigenvalue weighted by Crippen LogP contribution is -2.04. The molecule has 0 aliphatic heterocycles. The zero-order valence-corrected chi connectivity index (χ0v) is 10.9. The molecule has 98 valence electrons. The van der Waals surface area contributed by atoms with Gasteiger partial charge in [0.15, 0.2) is 0 Å². The molecule has 0 bridgehead atoms. The van der Waals surface area contributed by atoms with E-state index < -0.39 is 16.1 Å². The van der Waals surface area contributed by atoms with Gasteiger partial charge in [-0.1, -0.05) is 17.7 Å². The summed E-state index contributed by atoms with van der Waals surface area (Å²) in [7, 11) is -3.88. The van der Waals surface area contributed by atoms with Crippen LogP contribution in [0.2, 0.25) is 0 Å². The fourth-order valence-corrected chi connectivity index (χ4v) is 1.89. The van der Waals surface area contributed by atoms with Crippen LogP contribution in [-0.4, -0.2) is 21.0 Å². The lowest BCUT2D eigenvalue weighted by Gasteiger charge is -2.03. The van der Waals surface area contributed by atoms with Crippen LogP contribution in [0.15, 0.2) is 41.5 Å². The van der Waals surface area contributed by atoms with Gasteiger partial charge in [-0.05, 0) is 26.0 Å². The van der Waals surface area contributed by atoms with Gasteiger partial charge < -0.3 is 8.92 Å². The van der Waals surface area contributed by atoms with Crippen LogP contribution in [0.3, 0.4) is 0 Å². The largest absolute Gasteiger partial charge is 0.463 e. The molecule has 6 heteroatoms. The van der Waals surface area contributed by atoms with Crippen molar-refractivity contribution in [2.45, 2.75) is 18.7 Å². The van der Waals surface area contributed by atoms with E-state index in [1.165, 1.54) is 12.1 Å². The summed E-state index contributed by atoms with van der Waals surface area (Å²) in [5, 5.41) is 0. The van der Waals surface area contributed by atoms with E-state index in [9.17, 15) is 13.2 Å². The molecule has 1 aromatic rings. The average Bonchev–Trinajstić information content (AvgIpc) is 2.29. The first kappa shape index (κ1) is 14.2. The van der Waals surface area contributed by atoms with Gasteiger partial charge in [-0.2, -0.15) is 8.42 Å². The SMILES string of the molecule is CCOC(=O)/C=C\OS(=O)(=O)c1ccc(C)cc1. The predicted octanol–water partition coefficient (Wildman–Crippen LogP) is 1.78. The number of rotatable bonds is 5. The fraction of sp³-hybridized carbons (Fsp3) is 0.250. The van der Waals surface area contributed by atoms with Crippen LogP contribution in [-0.2, 0) is 23.8 Å². The van der Waals surface area contributed by atoms with Gasteiger partial charge in [-0.3, -0.25) is 0 Å². The number of ether oxygens (including phenoxy) is 1. The number of carbonyl (C=O) groups excluding carboxylic acids is 1. The highest BCUT2D eigenvalue weighted by molar-refractivity contribution is 7.86. The molecule has 18 heavy (non-hydrogen) atoms. The molecule has 0 aromatic heterocycles. The number of benzene rings is 1. The van der Waals surface area contributed by atoms with Gasteiger partial charge in [0.25, 0.3) is 0 Å². The van der Waals surface area contributed by atoms with Gasteiger partial charge in [0.05, 0.1) is 12.7 Å². The van der Waals surface area contributed by atoms with Crippen molar-refractivity contribution in [3.8, 4) is 0 Å². The molecule has 0 unspecified atom stereocenters. The molecule has 0 aliphatic carbocycles. The van der Waals surface area contributed by atoms with E-state index in [1.54, 1.807) is 19.1 Å². The molecule has 1 rings (SSSR count). The van der Waals surface area contributed by atoms with Crippen molar-refractivity contribution in [1.29, 1.82) is 0 Å². The minimum Gasteiger partial charge on any atom is -0.463 e. The van der Waals surface area contributed by atoms with E-state index in [2.05, 4.69) is 8.92 Å². The Labute approximate surface area is 106 Å². The zero-order chi connectivity index (χ0) is 13.6. The number of aryl methyl sites for hydroxylation is 1. The van der Waals surface area contributed by atoms with E-state index in [-0.39, 0.29) is 11.5 Å². The van der Waals surface area contributed by atoms with E-state index in [0.717, 1.165) is 17.9 Å². The van der Waals surface area contributed by atoms with Crippen molar-refractivity contribution in [2.24, 2.45) is 0 Å². The number of esters is 1. The summed E-state index contributed by atoms with van der Waals surface area (Å²) in [6.45, 7) is 3.71. The van der Waals surface area contributed by atoms with Crippen molar-refractivity contribution >= 4 is 16.1 Å². The summed E-state index contributed by atoms with van der Waals surface area (Å²) < 4.78 is 32.5. The van der Waals surface area contributed by atoms with Crippen molar-refractivity contribution in [3.63, 3.8) is 0 Å². The second-order valence-corrected chi connectivity index (χ2v) is 4.99. The monoisotopic (exact) mass is 270 g/mol. The van der Waals surface area contributed by atoms with Crippen LogP contribution in [0, 0.1) is 6.92 Å². The summed E-state index contributed by atoms with van der Waals surface area (Å²) in [6.07, 6.45) is 1.71. The summed E-state index contributed by atoms with van der Waals surface area (Å²) in [4.78, 5) is 11.0. The lowest BCUT2D eigenvalue weighted by molar-refractivity contribution is -0.137. The highest BCUT2D eigenvalue weighted by atomic mass is 32.2. The highest BCUT2D eigenvalue weighted by Crippen LogP contribution is 2.13. The van der Waals surface area contributed by atoms with Crippen molar-refractivity contribution in [3.05, 3.63) is 42.2 Å². The molecule has 0 saturated heterocycles. The van der Waals surface area contributed by atoms with Gasteiger partial charge in [-0.25, -0.2) is 4.79 Å². The van der Waals surface area contributed by atoms with Crippen molar-refractivity contribution in [1.82, 2.24) is 0 Å². The molecule has 0 fully saturated rings. The molecule has 1 aromatic carbocycles. The Morgan fingerprint density at radius 1 is 1.28 bits per heavy atom. The van der Waals surface area contributed by atoms with Crippen molar-refractivity contribution in [2.75, 3.05) is 6.61 Å². The minimum atomic E-state index is -3.88. The third-order valence-electron chi connectivity index (χ3n) is 1.98. The third-order valence-corrected chi connectivity index (χ3v) is 3.20. The smallest absolute Gasteiger partial charge is 0.338 e. The van der Waals surface area contributed by atoms with Crippen LogP contribution in [0.4, 0.5) is 0 Å². The maximum atomic E-state index is 11.7. The number of hydrogen-bond acceptors (Lipinski definition) is 5. The molecule has 0 amide bonds. The van der Waals surface area contributed by atoms with Crippen LogP contribution in [0.1, 0.15) is 12.5 Å². The van der Waals surface area contributed by atoms with Crippen molar-refractivity contribution < 1.29 is 22.1 Å². The lowest BCUT2D eigenvalue weighted by atomic mass is 10.2. The molecule has 0 spiro atoms. The summed E-state index contributed by atoms with van der Waals surface area (Å²) in [5.74, 6) is -0.656. The van der Waals surface area contributed by atoms with Gasteiger partial charge in [0, 0.05) is 0 Å². The summed E-state index contributed by atoms with van der Waals surface area (Å²) in [6, 6.07) is 6.18. The molecular weight excluding hydrogens is 256 g/mol. The van der Waals surface area contributed by atoms with Gasteiger partial charge in [-0.15, -0.1) is 0 Å². The molecular formula is C12H14O5S. The normalized spacial score (nSPS) is 11.4. The summed E-state index contributed by atoms with van der Waals surface area (Å²) >= 11 is 0. The Morgan fingerprint density at radius 3 is 2.44 bits per heavy atom. The average molecular weight is 270 g/mol. The third kappa shape index (κ3) is 4.21. The number of carbonyl (C=O) groups is 1. The van der Waals surface area contributed by atoms with E-state index in [4.69, 9.17) is 0 Å². The molecule has 0 heterocycles. The first-order chi connectivity index (χ1) is 8.45. The molecule has 0 atom stereocenters. The summed E-state index contributed by atoms with van der Waals surface area (Å²) in [5.41, 5.74) is 0.941. The quantitative estimate of drug-likeness (QED) is 0.353. The second-order valence-electron chi connectivity index (χ2n) is 3.42. The second kappa shape index (κ2) is 6.20. The molecule has 0 saturated carbocycles. The molecule has 5 nitrogen and oxygen atoms in total. The first-order valence-corrected chi connectivity index (χ1v) is 6.70. The number of hydrogen-bond donors (Lipinski definition) is 0. The fourth-order valence-electron chi connectivity index (χ4n) is 1.11. The van der Waals surface area contributed by atoms with Gasteiger partial charge in [0.1, 0.15) is 11.2 Å². The van der Waals surface area contributed by atoms with E-state index >= 15 is 0 Å². The molecule has 0 radical (unpaired) electrons. The maximum Gasteiger partial charge on any atom is 0.338 e. The Hall–Kier alpha value is -1.82. The van der Waals surface area contributed by atoms with Crippen LogP contribution >= 0.6 is 0 Å². The topological polar surface area (TPSA) is 69.7 Å². The molecule has 0 N–H and O–H groups in total. The van der Waals surface area contributed by atoms with Gasteiger partial charge >= 0.3 is 16.1 Å². The Balaban J connectivity index is 2.71. The minimum absolute atomic E-state index is 0.0293. The zero-order valence-electron chi connectivity index (χ0n) is 10.1. The van der Waals surface area contributed by atoms with Crippen LogP contribution in [0.25, 0.3) is 0 Å². The van der Waals surface area contributed by atoms with Gasteiger partial charge in [0.2, 0.25) is 0 Å². The predicted molar refractivity (Wildman–Crippen MR) is 65.2 cm³/mol. The van der Waals surface area contributed by atoms with E-state index in [1.807, 2.05) is 6.92 Å². The van der Waals surface area contributed by atoms with Crippen LogP contribution in [0.5, 0.6) is 0 Å². The Morgan fingerprint density at radius 2 is 1.89 bits per heavy atom. The highest BCUT2D eigenvalue weighted by Gasteiger charge is 2.13. The Bertz CT molecular complexity index is 528. The first-order valence-electron chi connectivity index (χ1n) is 5.29. The maximum absolute atomic E-state index is 11.7. The standard InChI is InChI=1S/C12H14O5S/c1-3-16-12(13)8-9-17-18(14,15)11-6-4-10(2)5-7-11/h4-9H,3H2,1-2H3/b9-8-. The Kier molecular flexibility index (Phi) is 4.91. The molecule has 0 aliphatic rings. The van der Waals surface area contributed by atoms with E-state index in [0.29, 0.717) is 0 Å². The van der Waals surface area contributed by atoms with Crippen LogP contribution < -0.4 is 0 Å².